The van der Waals surface area contributed by atoms with Crippen LogP contribution in [0.15, 0.2) is 54.7 Å². The van der Waals surface area contributed by atoms with Gasteiger partial charge in [-0.05, 0) is 54.4 Å². The summed E-state index contributed by atoms with van der Waals surface area (Å²) in [5.74, 6) is -0.234. The van der Waals surface area contributed by atoms with Gasteiger partial charge >= 0.3 is 0 Å². The van der Waals surface area contributed by atoms with Gasteiger partial charge in [0.15, 0.2) is 0 Å². The normalized spacial score (nSPS) is 13.7. The van der Waals surface area contributed by atoms with Gasteiger partial charge in [0.2, 0.25) is 10.0 Å². The minimum Gasteiger partial charge on any atom is -0.321 e. The molecule has 132 valence electrons. The molecule has 1 amide bonds. The highest BCUT2D eigenvalue weighted by Gasteiger charge is 2.26. The van der Waals surface area contributed by atoms with Crippen molar-refractivity contribution in [3.8, 4) is 0 Å². The van der Waals surface area contributed by atoms with E-state index in [-0.39, 0.29) is 5.91 Å². The predicted molar refractivity (Wildman–Crippen MR) is 102 cm³/mol. The maximum absolute atomic E-state index is 12.7. The summed E-state index contributed by atoms with van der Waals surface area (Å²) < 4.78 is 25.0. The van der Waals surface area contributed by atoms with Gasteiger partial charge in [0.1, 0.15) is 0 Å². The summed E-state index contributed by atoms with van der Waals surface area (Å²) in [7, 11) is -3.30. The van der Waals surface area contributed by atoms with E-state index in [2.05, 4.69) is 10.3 Å². The molecule has 4 rings (SSSR count). The average Bonchev–Trinajstić information content (AvgIpc) is 3.05. The number of hydrogen-bond acceptors (Lipinski definition) is 4. The van der Waals surface area contributed by atoms with Crippen LogP contribution in [-0.2, 0) is 16.4 Å². The lowest BCUT2D eigenvalue weighted by molar-refractivity contribution is 0.102. The topological polar surface area (TPSA) is 79.4 Å². The monoisotopic (exact) mass is 367 g/mol. The van der Waals surface area contributed by atoms with Crippen molar-refractivity contribution in [1.82, 2.24) is 4.98 Å². The minimum atomic E-state index is -3.30. The molecule has 7 heteroatoms. The van der Waals surface area contributed by atoms with Crippen LogP contribution in [0.3, 0.4) is 0 Å². The second-order valence-electron chi connectivity index (χ2n) is 6.26. The number of nitrogens with zero attached hydrogens (tertiary/aromatic N) is 2. The molecular formula is C19H17N3O3S. The van der Waals surface area contributed by atoms with Crippen molar-refractivity contribution in [3.63, 3.8) is 0 Å². The van der Waals surface area contributed by atoms with Gasteiger partial charge in [0.05, 0.1) is 23.1 Å². The number of sulfonamides is 1. The number of carbonyl (C=O) groups is 1. The lowest BCUT2D eigenvalue weighted by Gasteiger charge is -2.16. The molecule has 0 spiro atoms. The largest absolute Gasteiger partial charge is 0.321 e. The molecule has 0 fully saturated rings. The molecule has 1 aliphatic rings. The maximum Gasteiger partial charge on any atom is 0.255 e. The van der Waals surface area contributed by atoms with Gasteiger partial charge in [-0.3, -0.25) is 14.1 Å². The second kappa shape index (κ2) is 6.10. The number of fused-ring (bicyclic) bond motifs is 2. The summed E-state index contributed by atoms with van der Waals surface area (Å²) in [4.78, 5) is 17.0. The summed E-state index contributed by atoms with van der Waals surface area (Å²) in [6.07, 6.45) is 3.50. The van der Waals surface area contributed by atoms with Gasteiger partial charge in [-0.2, -0.15) is 0 Å². The van der Waals surface area contributed by atoms with Crippen molar-refractivity contribution in [1.29, 1.82) is 0 Å². The Kier molecular flexibility index (Phi) is 3.88. The third-order valence-electron chi connectivity index (χ3n) is 4.49. The molecule has 0 aliphatic carbocycles. The first-order chi connectivity index (χ1) is 12.4. The quantitative estimate of drug-likeness (QED) is 0.772. The molecule has 0 bridgehead atoms. The molecule has 0 radical (unpaired) electrons. The Labute approximate surface area is 151 Å². The third-order valence-corrected chi connectivity index (χ3v) is 5.67. The fraction of sp³-hybridized carbons (Fsp3) is 0.158. The molecule has 26 heavy (non-hydrogen) atoms. The molecule has 0 saturated carbocycles. The van der Waals surface area contributed by atoms with Crippen LogP contribution in [0.1, 0.15) is 15.9 Å². The molecule has 0 saturated heterocycles. The van der Waals surface area contributed by atoms with Crippen molar-refractivity contribution in [2.24, 2.45) is 0 Å². The van der Waals surface area contributed by atoms with E-state index >= 15 is 0 Å². The van der Waals surface area contributed by atoms with Gasteiger partial charge in [0.25, 0.3) is 5.91 Å². The maximum atomic E-state index is 12.7. The summed E-state index contributed by atoms with van der Waals surface area (Å²) in [6.45, 7) is 0.411. The van der Waals surface area contributed by atoms with E-state index in [1.807, 2.05) is 30.3 Å². The minimum absolute atomic E-state index is 0.234. The zero-order chi connectivity index (χ0) is 18.3. The summed E-state index contributed by atoms with van der Waals surface area (Å²) in [5, 5.41) is 3.79. The average molecular weight is 367 g/mol. The third kappa shape index (κ3) is 2.90. The van der Waals surface area contributed by atoms with Gasteiger partial charge < -0.3 is 5.32 Å². The molecule has 6 nitrogen and oxygen atoms in total. The number of rotatable bonds is 3. The highest BCUT2D eigenvalue weighted by atomic mass is 32.2. The van der Waals surface area contributed by atoms with Crippen molar-refractivity contribution in [3.05, 3.63) is 65.9 Å². The molecule has 2 heterocycles. The van der Waals surface area contributed by atoms with E-state index in [4.69, 9.17) is 0 Å². The summed E-state index contributed by atoms with van der Waals surface area (Å²) in [5.41, 5.74) is 3.52. The number of carbonyl (C=O) groups excluding carboxylic acids is 1. The first-order valence-electron chi connectivity index (χ1n) is 8.19. The SMILES string of the molecule is CS(=O)(=O)N1CCc2cc(C(=O)Nc3cccc4ncccc34)ccc21. The Bertz CT molecular complexity index is 1120. The zero-order valence-corrected chi connectivity index (χ0v) is 15.0. The first-order valence-corrected chi connectivity index (χ1v) is 10.0. The molecule has 0 atom stereocenters. The van der Waals surface area contributed by atoms with Gasteiger partial charge in [-0.15, -0.1) is 0 Å². The first kappa shape index (κ1) is 16.5. The van der Waals surface area contributed by atoms with Crippen LogP contribution in [-0.4, -0.2) is 32.1 Å². The van der Waals surface area contributed by atoms with Crippen LogP contribution in [0.2, 0.25) is 0 Å². The predicted octanol–water partition coefficient (Wildman–Crippen LogP) is 2.81. The lowest BCUT2D eigenvalue weighted by atomic mass is 10.1. The number of pyridine rings is 1. The Morgan fingerprint density at radius 3 is 2.81 bits per heavy atom. The van der Waals surface area contributed by atoms with Crippen LogP contribution in [0, 0.1) is 0 Å². The van der Waals surface area contributed by atoms with Gasteiger partial charge in [0, 0.05) is 23.7 Å². The Morgan fingerprint density at radius 2 is 2.00 bits per heavy atom. The van der Waals surface area contributed by atoms with Gasteiger partial charge in [-0.25, -0.2) is 8.42 Å². The van der Waals surface area contributed by atoms with E-state index in [9.17, 15) is 13.2 Å². The highest BCUT2D eigenvalue weighted by Crippen LogP contribution is 2.31. The number of anilines is 2. The Morgan fingerprint density at radius 1 is 1.15 bits per heavy atom. The van der Waals surface area contributed by atoms with Crippen molar-refractivity contribution in [2.45, 2.75) is 6.42 Å². The number of nitrogens with one attached hydrogen (secondary N) is 1. The van der Waals surface area contributed by atoms with Crippen LogP contribution in [0.4, 0.5) is 11.4 Å². The standard InChI is InChI=1S/C19H17N3O3S/c1-26(24,25)22-11-9-13-12-14(7-8-18(13)22)19(23)21-17-6-2-5-16-15(17)4-3-10-20-16/h2-8,10,12H,9,11H2,1H3,(H,21,23). The highest BCUT2D eigenvalue weighted by molar-refractivity contribution is 7.92. The van der Waals surface area contributed by atoms with Crippen LogP contribution >= 0.6 is 0 Å². The number of amides is 1. The van der Waals surface area contributed by atoms with E-state index in [1.54, 1.807) is 24.4 Å². The van der Waals surface area contributed by atoms with E-state index in [0.717, 1.165) is 16.5 Å². The molecule has 2 aromatic carbocycles. The van der Waals surface area contributed by atoms with Crippen molar-refractivity contribution < 1.29 is 13.2 Å². The van der Waals surface area contributed by atoms with E-state index < -0.39 is 10.0 Å². The fourth-order valence-electron chi connectivity index (χ4n) is 3.26. The van der Waals surface area contributed by atoms with Gasteiger partial charge in [-0.1, -0.05) is 6.07 Å². The smallest absolute Gasteiger partial charge is 0.255 e. The molecule has 1 aliphatic heterocycles. The Balaban J connectivity index is 1.64. The number of benzene rings is 2. The molecule has 1 aromatic heterocycles. The summed E-state index contributed by atoms with van der Waals surface area (Å²) in [6, 6.07) is 14.4. The molecule has 3 aromatic rings. The van der Waals surface area contributed by atoms with Crippen molar-refractivity contribution >= 4 is 38.2 Å². The zero-order valence-electron chi connectivity index (χ0n) is 14.1. The number of aromatic nitrogens is 1. The van der Waals surface area contributed by atoms with E-state index in [0.29, 0.717) is 29.9 Å². The van der Waals surface area contributed by atoms with E-state index in [1.165, 1.54) is 10.6 Å². The van der Waals surface area contributed by atoms with Crippen molar-refractivity contribution in [2.75, 3.05) is 22.4 Å². The van der Waals surface area contributed by atoms with Crippen LogP contribution in [0.5, 0.6) is 0 Å². The number of hydrogen-bond donors (Lipinski definition) is 1. The molecule has 0 unspecified atom stereocenters. The summed E-state index contributed by atoms with van der Waals surface area (Å²) >= 11 is 0. The lowest BCUT2D eigenvalue weighted by Crippen LogP contribution is -2.27. The Hall–Kier alpha value is -2.93. The second-order valence-corrected chi connectivity index (χ2v) is 8.17. The fourth-order valence-corrected chi connectivity index (χ4v) is 4.22. The molecule has 1 N–H and O–H groups in total. The molecular weight excluding hydrogens is 350 g/mol. The van der Waals surface area contributed by atoms with Crippen LogP contribution in [0.25, 0.3) is 10.9 Å². The van der Waals surface area contributed by atoms with Crippen LogP contribution < -0.4 is 9.62 Å².